The van der Waals surface area contributed by atoms with Crippen LogP contribution in [-0.2, 0) is 9.53 Å². The monoisotopic (exact) mass is 337 g/mol. The van der Waals surface area contributed by atoms with Crippen molar-refractivity contribution in [2.45, 2.75) is 46.6 Å². The second kappa shape index (κ2) is 9.15. The molecule has 0 aromatic heterocycles. The number of hydrogen-bond acceptors (Lipinski definition) is 5. The fraction of sp³-hybridized carbons (Fsp3) is 0.556. The van der Waals surface area contributed by atoms with Crippen molar-refractivity contribution in [2.24, 2.45) is 0 Å². The first-order chi connectivity index (χ1) is 11.3. The van der Waals surface area contributed by atoms with E-state index in [9.17, 15) is 9.59 Å². The molecule has 0 aliphatic carbocycles. The predicted molar refractivity (Wildman–Crippen MR) is 91.6 cm³/mol. The number of carbonyl (C=O) groups is 2. The molecule has 0 atom stereocenters. The third-order valence-corrected chi connectivity index (χ3v) is 3.48. The zero-order chi connectivity index (χ0) is 18.2. The SMILES string of the molecule is CCOc1ccc(C(=O)OCC(=O)NC(C)(C)CC)cc1OCC. The van der Waals surface area contributed by atoms with Crippen LogP contribution in [0, 0.1) is 0 Å². The maximum absolute atomic E-state index is 12.1. The van der Waals surface area contributed by atoms with Crippen LogP contribution in [0.5, 0.6) is 11.5 Å². The summed E-state index contributed by atoms with van der Waals surface area (Å²) in [6.07, 6.45) is 0.781. The first-order valence-electron chi connectivity index (χ1n) is 8.20. The van der Waals surface area contributed by atoms with Gasteiger partial charge in [-0.15, -0.1) is 0 Å². The Morgan fingerprint density at radius 1 is 1.04 bits per heavy atom. The van der Waals surface area contributed by atoms with E-state index < -0.39 is 5.97 Å². The number of hydrogen-bond donors (Lipinski definition) is 1. The van der Waals surface area contributed by atoms with Crippen molar-refractivity contribution < 1.29 is 23.8 Å². The average molecular weight is 337 g/mol. The molecule has 0 spiro atoms. The van der Waals surface area contributed by atoms with Gasteiger partial charge in [0.25, 0.3) is 5.91 Å². The molecule has 0 heterocycles. The molecule has 0 unspecified atom stereocenters. The molecule has 0 saturated carbocycles. The fourth-order valence-electron chi connectivity index (χ4n) is 1.89. The highest BCUT2D eigenvalue weighted by molar-refractivity contribution is 5.92. The summed E-state index contributed by atoms with van der Waals surface area (Å²) in [4.78, 5) is 23.9. The predicted octanol–water partition coefficient (Wildman–Crippen LogP) is 2.95. The number of benzene rings is 1. The van der Waals surface area contributed by atoms with E-state index in [1.807, 2.05) is 34.6 Å². The van der Waals surface area contributed by atoms with Gasteiger partial charge in [0, 0.05) is 5.54 Å². The summed E-state index contributed by atoms with van der Waals surface area (Å²) < 4.78 is 16.0. The van der Waals surface area contributed by atoms with Crippen LogP contribution >= 0.6 is 0 Å². The molecule has 1 rings (SSSR count). The smallest absolute Gasteiger partial charge is 0.338 e. The molecule has 0 aliphatic heterocycles. The maximum Gasteiger partial charge on any atom is 0.338 e. The highest BCUT2D eigenvalue weighted by Gasteiger charge is 2.19. The van der Waals surface area contributed by atoms with Gasteiger partial charge in [-0.05, 0) is 52.3 Å². The summed E-state index contributed by atoms with van der Waals surface area (Å²) in [5.74, 6) is 0.137. The Kier molecular flexibility index (Phi) is 7.55. The van der Waals surface area contributed by atoms with E-state index in [4.69, 9.17) is 14.2 Å². The van der Waals surface area contributed by atoms with Gasteiger partial charge in [0.2, 0.25) is 0 Å². The molecule has 6 heteroatoms. The van der Waals surface area contributed by atoms with E-state index in [1.54, 1.807) is 18.2 Å². The van der Waals surface area contributed by atoms with Gasteiger partial charge >= 0.3 is 5.97 Å². The van der Waals surface area contributed by atoms with Gasteiger partial charge in [-0.2, -0.15) is 0 Å². The first-order valence-corrected chi connectivity index (χ1v) is 8.20. The minimum absolute atomic E-state index is 0.310. The van der Waals surface area contributed by atoms with Gasteiger partial charge in [-0.1, -0.05) is 6.92 Å². The van der Waals surface area contributed by atoms with Gasteiger partial charge in [-0.25, -0.2) is 4.79 Å². The molecule has 1 aromatic rings. The van der Waals surface area contributed by atoms with Crippen molar-refractivity contribution >= 4 is 11.9 Å². The molecule has 0 aliphatic rings. The molecule has 0 bridgehead atoms. The van der Waals surface area contributed by atoms with Crippen LogP contribution in [0.1, 0.15) is 51.4 Å². The topological polar surface area (TPSA) is 73.9 Å². The number of rotatable bonds is 9. The van der Waals surface area contributed by atoms with E-state index in [0.29, 0.717) is 30.3 Å². The van der Waals surface area contributed by atoms with Crippen molar-refractivity contribution in [1.82, 2.24) is 5.32 Å². The number of esters is 1. The number of amides is 1. The van der Waals surface area contributed by atoms with E-state index in [0.717, 1.165) is 6.42 Å². The zero-order valence-corrected chi connectivity index (χ0v) is 15.1. The second-order valence-corrected chi connectivity index (χ2v) is 5.89. The van der Waals surface area contributed by atoms with Gasteiger partial charge in [0.1, 0.15) is 0 Å². The highest BCUT2D eigenvalue weighted by Crippen LogP contribution is 2.28. The van der Waals surface area contributed by atoms with Crippen molar-refractivity contribution in [1.29, 1.82) is 0 Å². The van der Waals surface area contributed by atoms with E-state index in [-0.39, 0.29) is 18.1 Å². The molecule has 1 amide bonds. The molecule has 0 radical (unpaired) electrons. The Bertz CT molecular complexity index is 569. The van der Waals surface area contributed by atoms with Crippen LogP contribution < -0.4 is 14.8 Å². The molecule has 134 valence electrons. The quantitative estimate of drug-likeness (QED) is 0.701. The Balaban J connectivity index is 2.70. The van der Waals surface area contributed by atoms with Gasteiger partial charge in [-0.3, -0.25) is 4.79 Å². The number of carbonyl (C=O) groups excluding carboxylic acids is 2. The largest absolute Gasteiger partial charge is 0.490 e. The number of nitrogens with one attached hydrogen (secondary N) is 1. The molecule has 1 N–H and O–H groups in total. The normalized spacial score (nSPS) is 10.9. The van der Waals surface area contributed by atoms with Crippen LogP contribution in [0.25, 0.3) is 0 Å². The maximum atomic E-state index is 12.1. The van der Waals surface area contributed by atoms with Gasteiger partial charge in [0.05, 0.1) is 18.8 Å². The van der Waals surface area contributed by atoms with E-state index in [1.165, 1.54) is 0 Å². The molecular weight excluding hydrogens is 310 g/mol. The summed E-state index contributed by atoms with van der Waals surface area (Å²) in [6.45, 7) is 10.1. The summed E-state index contributed by atoms with van der Waals surface area (Å²) >= 11 is 0. The van der Waals surface area contributed by atoms with Gasteiger partial charge in [0.15, 0.2) is 18.1 Å². The fourth-order valence-corrected chi connectivity index (χ4v) is 1.89. The molecule has 24 heavy (non-hydrogen) atoms. The Morgan fingerprint density at radius 2 is 1.67 bits per heavy atom. The lowest BCUT2D eigenvalue weighted by molar-refractivity contribution is -0.125. The van der Waals surface area contributed by atoms with E-state index in [2.05, 4.69) is 5.32 Å². The summed E-state index contributed by atoms with van der Waals surface area (Å²) in [7, 11) is 0. The summed E-state index contributed by atoms with van der Waals surface area (Å²) in [6, 6.07) is 4.81. The molecular formula is C18H27NO5. The standard InChI is InChI=1S/C18H27NO5/c1-6-18(4,5)19-16(20)12-24-17(21)13-9-10-14(22-7-2)15(11-13)23-8-3/h9-11H,6-8,12H2,1-5H3,(H,19,20). The lowest BCUT2D eigenvalue weighted by Crippen LogP contribution is -2.44. The van der Waals surface area contributed by atoms with Crippen molar-refractivity contribution in [3.05, 3.63) is 23.8 Å². The first kappa shape index (κ1) is 19.8. The Morgan fingerprint density at radius 3 is 2.25 bits per heavy atom. The average Bonchev–Trinajstić information content (AvgIpc) is 2.54. The van der Waals surface area contributed by atoms with E-state index >= 15 is 0 Å². The van der Waals surface area contributed by atoms with Crippen LogP contribution in [0.3, 0.4) is 0 Å². The lowest BCUT2D eigenvalue weighted by Gasteiger charge is -2.24. The van der Waals surface area contributed by atoms with Crippen LogP contribution in [0.15, 0.2) is 18.2 Å². The van der Waals surface area contributed by atoms with Crippen molar-refractivity contribution in [3.63, 3.8) is 0 Å². The van der Waals surface area contributed by atoms with Crippen molar-refractivity contribution in [2.75, 3.05) is 19.8 Å². The summed E-state index contributed by atoms with van der Waals surface area (Å²) in [5, 5.41) is 2.81. The zero-order valence-electron chi connectivity index (χ0n) is 15.1. The lowest BCUT2D eigenvalue weighted by atomic mass is 10.0. The minimum Gasteiger partial charge on any atom is -0.490 e. The minimum atomic E-state index is -0.580. The van der Waals surface area contributed by atoms with Crippen LogP contribution in [0.4, 0.5) is 0 Å². The molecule has 0 saturated heterocycles. The van der Waals surface area contributed by atoms with Crippen LogP contribution in [-0.4, -0.2) is 37.2 Å². The molecule has 1 aromatic carbocycles. The summed E-state index contributed by atoms with van der Waals surface area (Å²) in [5.41, 5.74) is -0.0189. The third-order valence-electron chi connectivity index (χ3n) is 3.48. The number of ether oxygens (including phenoxy) is 3. The Hall–Kier alpha value is -2.24. The third kappa shape index (κ3) is 6.10. The highest BCUT2D eigenvalue weighted by atomic mass is 16.5. The van der Waals surface area contributed by atoms with Gasteiger partial charge < -0.3 is 19.5 Å². The Labute approximate surface area is 143 Å². The molecule has 6 nitrogen and oxygen atoms in total. The van der Waals surface area contributed by atoms with Crippen molar-refractivity contribution in [3.8, 4) is 11.5 Å². The molecule has 0 fully saturated rings. The van der Waals surface area contributed by atoms with Crippen LogP contribution in [0.2, 0.25) is 0 Å². The second-order valence-electron chi connectivity index (χ2n) is 5.89.